The number of anilines is 1. The van der Waals surface area contributed by atoms with Crippen molar-refractivity contribution >= 4 is 34.5 Å². The average molecular weight is 421 g/mol. The van der Waals surface area contributed by atoms with Crippen LogP contribution in [0.2, 0.25) is 0 Å². The molecule has 0 saturated heterocycles. The number of aromatic nitrogens is 2. The molecule has 0 spiro atoms. The number of para-hydroxylation sites is 2. The Balaban J connectivity index is 1.32. The van der Waals surface area contributed by atoms with Crippen LogP contribution in [0.5, 0.6) is 11.8 Å². The molecular weight excluding hydrogens is 402 g/mol. The minimum Gasteiger partial charge on any atom is -0.492 e. The van der Waals surface area contributed by atoms with Crippen LogP contribution in [0.1, 0.15) is 6.42 Å². The summed E-state index contributed by atoms with van der Waals surface area (Å²) in [5.74, 6) is -1.32. The Hall–Kier alpha value is -4.34. The zero-order chi connectivity index (χ0) is 21.8. The van der Waals surface area contributed by atoms with Crippen molar-refractivity contribution in [2.24, 2.45) is 10.2 Å². The number of oxazole rings is 1. The van der Waals surface area contributed by atoms with E-state index >= 15 is 0 Å². The monoisotopic (exact) mass is 421 g/mol. The van der Waals surface area contributed by atoms with Crippen LogP contribution in [0.3, 0.4) is 0 Å². The molecule has 0 aliphatic heterocycles. The number of fused-ring (bicyclic) bond motifs is 1. The van der Waals surface area contributed by atoms with Gasteiger partial charge in [0.1, 0.15) is 5.52 Å². The number of carbonyl (C=O) groups is 1. The van der Waals surface area contributed by atoms with Crippen molar-refractivity contribution < 1.29 is 24.3 Å². The van der Waals surface area contributed by atoms with Crippen molar-refractivity contribution in [3.05, 3.63) is 60.7 Å². The maximum absolute atomic E-state index is 12.0. The molecule has 31 heavy (non-hydrogen) atoms. The van der Waals surface area contributed by atoms with Crippen LogP contribution in [-0.4, -0.2) is 39.5 Å². The Kier molecular flexibility index (Phi) is 5.52. The second kappa shape index (κ2) is 8.57. The van der Waals surface area contributed by atoms with Crippen LogP contribution in [0.4, 0.5) is 17.4 Å². The predicted octanol–water partition coefficient (Wildman–Crippen LogP) is 3.94. The molecule has 0 aliphatic carbocycles. The van der Waals surface area contributed by atoms with E-state index in [-0.39, 0.29) is 24.2 Å². The van der Waals surface area contributed by atoms with E-state index < -0.39 is 5.97 Å². The first kappa shape index (κ1) is 20.0. The van der Waals surface area contributed by atoms with Gasteiger partial charge in [0.05, 0.1) is 12.1 Å². The molecule has 0 amide bonds. The Labute approximate surface area is 176 Å². The van der Waals surface area contributed by atoms with Gasteiger partial charge < -0.3 is 24.4 Å². The zero-order valence-corrected chi connectivity index (χ0v) is 16.5. The summed E-state index contributed by atoms with van der Waals surface area (Å²) in [7, 11) is 1.83. The molecule has 10 nitrogen and oxygen atoms in total. The largest absolute Gasteiger partial charge is 0.492 e. The number of hydrogen-bond acceptors (Lipinski definition) is 9. The van der Waals surface area contributed by atoms with Gasteiger partial charge in [0.25, 0.3) is 0 Å². The SMILES string of the molecule is CN(CCC(=O)On1c(O)ccc1O)c1ccc(N=Nc2nc3ccccc3o2)cc1. The average Bonchev–Trinajstić information content (AvgIpc) is 3.34. The van der Waals surface area contributed by atoms with Crippen LogP contribution in [0, 0.1) is 0 Å². The van der Waals surface area contributed by atoms with Crippen LogP contribution in [0.25, 0.3) is 11.1 Å². The number of azo groups is 1. The van der Waals surface area contributed by atoms with E-state index in [1.165, 1.54) is 12.1 Å². The molecule has 0 bridgehead atoms. The molecule has 158 valence electrons. The number of aromatic hydroxyl groups is 2. The van der Waals surface area contributed by atoms with Crippen molar-refractivity contribution in [3.63, 3.8) is 0 Å². The minimum atomic E-state index is -0.600. The van der Waals surface area contributed by atoms with Gasteiger partial charge in [0.2, 0.25) is 11.8 Å². The van der Waals surface area contributed by atoms with Gasteiger partial charge in [-0.15, -0.1) is 9.84 Å². The van der Waals surface area contributed by atoms with Gasteiger partial charge in [-0.05, 0) is 36.4 Å². The third-order valence-corrected chi connectivity index (χ3v) is 4.47. The quantitative estimate of drug-likeness (QED) is 0.433. The molecule has 2 aromatic carbocycles. The van der Waals surface area contributed by atoms with Crippen molar-refractivity contribution in [2.75, 3.05) is 18.5 Å². The van der Waals surface area contributed by atoms with E-state index in [2.05, 4.69) is 15.2 Å². The van der Waals surface area contributed by atoms with Gasteiger partial charge in [0.15, 0.2) is 5.58 Å². The molecule has 4 rings (SSSR count). The Morgan fingerprint density at radius 1 is 1.06 bits per heavy atom. The topological polar surface area (TPSA) is 126 Å². The van der Waals surface area contributed by atoms with Crippen molar-refractivity contribution in [1.29, 1.82) is 0 Å². The third-order valence-electron chi connectivity index (χ3n) is 4.47. The first-order chi connectivity index (χ1) is 15.0. The highest BCUT2D eigenvalue weighted by atomic mass is 16.7. The lowest BCUT2D eigenvalue weighted by molar-refractivity contribution is -0.145. The summed E-state index contributed by atoms with van der Waals surface area (Å²) >= 11 is 0. The summed E-state index contributed by atoms with van der Waals surface area (Å²) in [4.78, 5) is 23.0. The van der Waals surface area contributed by atoms with Gasteiger partial charge in [-0.1, -0.05) is 17.2 Å². The highest BCUT2D eigenvalue weighted by molar-refractivity contribution is 5.73. The van der Waals surface area contributed by atoms with E-state index in [0.717, 1.165) is 5.69 Å². The summed E-state index contributed by atoms with van der Waals surface area (Å²) in [6.45, 7) is 0.366. The summed E-state index contributed by atoms with van der Waals surface area (Å²) in [5.41, 5.74) is 2.85. The van der Waals surface area contributed by atoms with Crippen LogP contribution in [-0.2, 0) is 4.79 Å². The Morgan fingerprint density at radius 2 is 1.77 bits per heavy atom. The Morgan fingerprint density at radius 3 is 2.48 bits per heavy atom. The fourth-order valence-electron chi connectivity index (χ4n) is 2.81. The zero-order valence-electron chi connectivity index (χ0n) is 16.5. The second-order valence-corrected chi connectivity index (χ2v) is 6.66. The molecule has 0 atom stereocenters. The van der Waals surface area contributed by atoms with Crippen molar-refractivity contribution in [3.8, 4) is 11.8 Å². The van der Waals surface area contributed by atoms with Crippen LogP contribution in [0.15, 0.2) is 75.3 Å². The number of nitrogens with zero attached hydrogens (tertiary/aromatic N) is 5. The fraction of sp³-hybridized carbons (Fsp3) is 0.143. The molecule has 0 radical (unpaired) electrons. The highest BCUT2D eigenvalue weighted by Gasteiger charge is 2.13. The van der Waals surface area contributed by atoms with E-state index in [0.29, 0.717) is 28.1 Å². The summed E-state index contributed by atoms with van der Waals surface area (Å²) in [5, 5.41) is 27.2. The van der Waals surface area contributed by atoms with E-state index in [4.69, 9.17) is 9.25 Å². The maximum Gasteiger partial charge on any atom is 0.341 e. The lowest BCUT2D eigenvalue weighted by atomic mass is 10.2. The standard InChI is InChI=1S/C21H19N5O5/c1-25(13-12-20(29)31-26-18(27)10-11-19(26)28)15-8-6-14(7-9-15)23-24-21-22-16-4-2-3-5-17(16)30-21/h2-11,27-28H,12-13H2,1H3. The number of rotatable bonds is 7. The summed E-state index contributed by atoms with van der Waals surface area (Å²) in [6.07, 6.45) is 0.0484. The van der Waals surface area contributed by atoms with Crippen LogP contribution < -0.4 is 9.74 Å². The molecule has 2 N–H and O–H groups in total. The molecule has 0 saturated carbocycles. The van der Waals surface area contributed by atoms with Gasteiger partial charge >= 0.3 is 12.0 Å². The lowest BCUT2D eigenvalue weighted by Gasteiger charge is -2.18. The highest BCUT2D eigenvalue weighted by Crippen LogP contribution is 2.24. The summed E-state index contributed by atoms with van der Waals surface area (Å²) < 4.78 is 6.17. The van der Waals surface area contributed by atoms with E-state index in [1.807, 2.05) is 48.3 Å². The maximum atomic E-state index is 12.0. The lowest BCUT2D eigenvalue weighted by Crippen LogP contribution is -2.26. The molecule has 0 fully saturated rings. The summed E-state index contributed by atoms with van der Waals surface area (Å²) in [6, 6.07) is 17.3. The van der Waals surface area contributed by atoms with E-state index in [1.54, 1.807) is 12.1 Å². The van der Waals surface area contributed by atoms with Gasteiger partial charge in [0, 0.05) is 31.4 Å². The van der Waals surface area contributed by atoms with E-state index in [9.17, 15) is 15.0 Å². The number of benzene rings is 2. The second-order valence-electron chi connectivity index (χ2n) is 6.66. The number of hydrogen-bond donors (Lipinski definition) is 2. The molecule has 2 heterocycles. The Bertz CT molecular complexity index is 1180. The van der Waals surface area contributed by atoms with Crippen molar-refractivity contribution in [1.82, 2.24) is 9.71 Å². The first-order valence-corrected chi connectivity index (χ1v) is 9.39. The van der Waals surface area contributed by atoms with Crippen molar-refractivity contribution in [2.45, 2.75) is 6.42 Å². The van der Waals surface area contributed by atoms with Gasteiger partial charge in [-0.25, -0.2) is 4.79 Å². The third kappa shape index (κ3) is 4.64. The predicted molar refractivity (Wildman–Crippen MR) is 112 cm³/mol. The molecule has 2 aromatic heterocycles. The van der Waals surface area contributed by atoms with Gasteiger partial charge in [-0.2, -0.15) is 4.98 Å². The molecular formula is C21H19N5O5. The number of carbonyl (C=O) groups excluding carboxylic acids is 1. The molecule has 10 heteroatoms. The fourth-order valence-corrected chi connectivity index (χ4v) is 2.81. The molecule has 0 unspecified atom stereocenters. The first-order valence-electron chi connectivity index (χ1n) is 9.39. The van der Waals surface area contributed by atoms with Crippen LogP contribution >= 0.6 is 0 Å². The smallest absolute Gasteiger partial charge is 0.341 e. The van der Waals surface area contributed by atoms with Gasteiger partial charge in [-0.3, -0.25) is 0 Å². The minimum absolute atomic E-state index is 0.0484. The molecule has 0 aliphatic rings. The molecule has 4 aromatic rings. The normalized spacial score (nSPS) is 11.3.